The van der Waals surface area contributed by atoms with Crippen molar-refractivity contribution < 1.29 is 32.3 Å². The molecule has 1 aromatic rings. The summed E-state index contributed by atoms with van der Waals surface area (Å²) in [7, 11) is 1.57. The van der Waals surface area contributed by atoms with E-state index in [4.69, 9.17) is 0 Å². The van der Waals surface area contributed by atoms with E-state index in [1.807, 2.05) is 4.90 Å². The Hall–Kier alpha value is -3.18. The van der Waals surface area contributed by atoms with Gasteiger partial charge in [0.2, 0.25) is 5.91 Å². The van der Waals surface area contributed by atoms with Gasteiger partial charge in [0.05, 0.1) is 6.04 Å². The van der Waals surface area contributed by atoms with E-state index >= 15 is 0 Å². The van der Waals surface area contributed by atoms with E-state index in [1.54, 1.807) is 24.1 Å². The lowest BCUT2D eigenvalue weighted by atomic mass is 9.76. The van der Waals surface area contributed by atoms with Crippen molar-refractivity contribution in [2.45, 2.75) is 62.5 Å². The molecule has 0 bridgehead atoms. The average molecular weight is 510 g/mol. The first-order chi connectivity index (χ1) is 17.1. The molecule has 5 rings (SSSR count). The van der Waals surface area contributed by atoms with Crippen molar-refractivity contribution in [1.82, 2.24) is 25.8 Å². The molecule has 0 radical (unpaired) electrons. The van der Waals surface area contributed by atoms with Gasteiger partial charge < -0.3 is 30.5 Å². The van der Waals surface area contributed by atoms with E-state index in [2.05, 4.69) is 20.7 Å². The van der Waals surface area contributed by atoms with Crippen LogP contribution in [0.15, 0.2) is 24.3 Å². The van der Waals surface area contributed by atoms with Gasteiger partial charge >= 0.3 is 18.4 Å². The molecule has 4 aliphatic rings. The number of hydrogen-bond acceptors (Lipinski definition) is 4. The van der Waals surface area contributed by atoms with Gasteiger partial charge in [-0.1, -0.05) is 12.1 Å². The first kappa shape index (κ1) is 24.5. The number of halogens is 3. The van der Waals surface area contributed by atoms with E-state index in [-0.39, 0.29) is 47.8 Å². The molecule has 2 saturated heterocycles. The second-order valence-electron chi connectivity index (χ2n) is 10.4. The predicted octanol–water partition coefficient (Wildman–Crippen LogP) is 2.54. The summed E-state index contributed by atoms with van der Waals surface area (Å²) in [5, 5.41) is 8.64. The number of piperidine rings is 1. The third-order valence-electron chi connectivity index (χ3n) is 7.53. The number of nitrogens with zero attached hydrogens (tertiary/aromatic N) is 2. The number of ether oxygens (including phenoxy) is 1. The molecule has 0 aromatic heterocycles. The number of hydrogen-bond donors (Lipinski definition) is 3. The largest absolute Gasteiger partial charge is 0.573 e. The van der Waals surface area contributed by atoms with Crippen LogP contribution in [0.25, 0.3) is 0 Å². The van der Waals surface area contributed by atoms with Crippen LogP contribution >= 0.6 is 0 Å². The van der Waals surface area contributed by atoms with Gasteiger partial charge in [0.15, 0.2) is 0 Å². The van der Waals surface area contributed by atoms with Crippen molar-refractivity contribution in [2.24, 2.45) is 5.41 Å². The monoisotopic (exact) mass is 509 g/mol. The van der Waals surface area contributed by atoms with Crippen LogP contribution < -0.4 is 20.7 Å². The molecule has 2 aliphatic carbocycles. The van der Waals surface area contributed by atoms with Gasteiger partial charge in [0.25, 0.3) is 0 Å². The Kier molecular flexibility index (Phi) is 6.16. The van der Waals surface area contributed by atoms with Gasteiger partial charge in [0, 0.05) is 56.5 Å². The zero-order valence-corrected chi connectivity index (χ0v) is 19.9. The number of carbonyl (C=O) groups excluding carboxylic acids is 3. The topological polar surface area (TPSA) is 103 Å². The molecule has 1 unspecified atom stereocenters. The number of alkyl halides is 3. The molecule has 1 aromatic carbocycles. The van der Waals surface area contributed by atoms with E-state index < -0.39 is 11.8 Å². The van der Waals surface area contributed by atoms with Crippen molar-refractivity contribution in [3.63, 3.8) is 0 Å². The van der Waals surface area contributed by atoms with Crippen molar-refractivity contribution in [2.75, 3.05) is 26.7 Å². The molecule has 2 heterocycles. The molecule has 1 spiro atoms. The standard InChI is InChI=1S/C24H30F3N5O4/c1-28-21(34)31-11-16(9-23(13-31)10-20(33)29-12-23)32(15-4-5-15)22(35)30-19-8-18(19)14-2-6-17(7-3-14)36-24(25,26)27/h2-3,6-7,15-16,18-19H,4-5,8-13H2,1H3,(H,28,34)(H,29,33)(H,30,35)/t16-,18+,19-,23?/m1/s1. The van der Waals surface area contributed by atoms with E-state index in [0.29, 0.717) is 38.9 Å². The summed E-state index contributed by atoms with van der Waals surface area (Å²) in [6.07, 6.45) is -1.29. The Bertz CT molecular complexity index is 1030. The van der Waals surface area contributed by atoms with E-state index in [0.717, 1.165) is 18.4 Å². The van der Waals surface area contributed by atoms with Gasteiger partial charge in [-0.25, -0.2) is 9.59 Å². The van der Waals surface area contributed by atoms with Crippen LogP contribution in [-0.4, -0.2) is 78.9 Å². The van der Waals surface area contributed by atoms with Gasteiger partial charge in [-0.2, -0.15) is 0 Å². The first-order valence-electron chi connectivity index (χ1n) is 12.2. The number of benzene rings is 1. The summed E-state index contributed by atoms with van der Waals surface area (Å²) in [6.45, 7) is 1.34. The van der Waals surface area contributed by atoms with Crippen molar-refractivity contribution in [3.05, 3.63) is 29.8 Å². The van der Waals surface area contributed by atoms with Crippen molar-refractivity contribution in [1.29, 1.82) is 0 Å². The fourth-order valence-electron chi connectivity index (χ4n) is 5.71. The highest BCUT2D eigenvalue weighted by Crippen LogP contribution is 2.43. The van der Waals surface area contributed by atoms with Gasteiger partial charge in [-0.3, -0.25) is 4.79 Å². The number of urea groups is 2. The fraction of sp³-hybridized carbons (Fsp3) is 0.625. The Morgan fingerprint density at radius 2 is 1.92 bits per heavy atom. The summed E-state index contributed by atoms with van der Waals surface area (Å²) in [5.41, 5.74) is 0.438. The molecule has 12 heteroatoms. The zero-order valence-electron chi connectivity index (χ0n) is 19.9. The smallest absolute Gasteiger partial charge is 0.406 e. The fourth-order valence-corrected chi connectivity index (χ4v) is 5.71. The molecule has 196 valence electrons. The number of amides is 5. The number of nitrogens with one attached hydrogen (secondary N) is 3. The van der Waals surface area contributed by atoms with Crippen molar-refractivity contribution in [3.8, 4) is 5.75 Å². The number of carbonyl (C=O) groups is 3. The third kappa shape index (κ3) is 5.31. The van der Waals surface area contributed by atoms with Crippen LogP contribution in [0.5, 0.6) is 5.75 Å². The Morgan fingerprint density at radius 1 is 1.19 bits per heavy atom. The zero-order chi connectivity index (χ0) is 25.7. The quantitative estimate of drug-likeness (QED) is 0.568. The second kappa shape index (κ2) is 9.04. The molecule has 3 N–H and O–H groups in total. The SMILES string of the molecule is CNC(=O)N1C[C@H](N(C(=O)N[C@@H]2C[C@H]2c2ccc(OC(F)(F)F)cc2)C2CC2)CC2(CNC(=O)C2)C1. The normalized spacial score (nSPS) is 29.5. The Labute approximate surface area is 206 Å². The average Bonchev–Trinajstić information content (AvgIpc) is 3.74. The maximum Gasteiger partial charge on any atom is 0.573 e. The molecule has 9 nitrogen and oxygen atoms in total. The number of likely N-dealkylation sites (tertiary alicyclic amines) is 1. The summed E-state index contributed by atoms with van der Waals surface area (Å²) in [4.78, 5) is 41.6. The summed E-state index contributed by atoms with van der Waals surface area (Å²) in [5.74, 6) is -0.298. The minimum Gasteiger partial charge on any atom is -0.406 e. The maximum atomic E-state index is 13.4. The second-order valence-corrected chi connectivity index (χ2v) is 10.4. The molecule has 36 heavy (non-hydrogen) atoms. The van der Waals surface area contributed by atoms with Crippen LogP contribution in [-0.2, 0) is 4.79 Å². The summed E-state index contributed by atoms with van der Waals surface area (Å²) < 4.78 is 41.1. The molecule has 4 atom stereocenters. The lowest BCUT2D eigenvalue weighted by Crippen LogP contribution is -2.61. The summed E-state index contributed by atoms with van der Waals surface area (Å²) >= 11 is 0. The van der Waals surface area contributed by atoms with Gasteiger partial charge in [-0.15, -0.1) is 13.2 Å². The molecular formula is C24H30F3N5O4. The third-order valence-corrected chi connectivity index (χ3v) is 7.53. The van der Waals surface area contributed by atoms with E-state index in [9.17, 15) is 27.6 Å². The molecule has 4 fully saturated rings. The first-order valence-corrected chi connectivity index (χ1v) is 12.2. The van der Waals surface area contributed by atoms with Crippen LogP contribution in [0.4, 0.5) is 22.8 Å². The highest BCUT2D eigenvalue weighted by atomic mass is 19.4. The van der Waals surface area contributed by atoms with Crippen LogP contribution in [0, 0.1) is 5.41 Å². The lowest BCUT2D eigenvalue weighted by Gasteiger charge is -2.47. The maximum absolute atomic E-state index is 13.4. The Balaban J connectivity index is 1.25. The van der Waals surface area contributed by atoms with Crippen LogP contribution in [0.1, 0.15) is 43.6 Å². The van der Waals surface area contributed by atoms with E-state index in [1.165, 1.54) is 12.1 Å². The van der Waals surface area contributed by atoms with Crippen molar-refractivity contribution >= 4 is 18.0 Å². The number of rotatable bonds is 5. The van der Waals surface area contributed by atoms with Crippen LogP contribution in [0.3, 0.4) is 0 Å². The Morgan fingerprint density at radius 3 is 2.50 bits per heavy atom. The van der Waals surface area contributed by atoms with Gasteiger partial charge in [-0.05, 0) is 43.4 Å². The molecule has 2 aliphatic heterocycles. The van der Waals surface area contributed by atoms with Gasteiger partial charge in [0.1, 0.15) is 5.75 Å². The summed E-state index contributed by atoms with van der Waals surface area (Å²) in [6, 6.07) is 5.08. The van der Waals surface area contributed by atoms with Crippen LogP contribution in [0.2, 0.25) is 0 Å². The lowest BCUT2D eigenvalue weighted by molar-refractivity contribution is -0.274. The molecule has 2 saturated carbocycles. The molecule has 5 amide bonds. The minimum absolute atomic E-state index is 0.0201. The molecular weight excluding hydrogens is 479 g/mol. The highest BCUT2D eigenvalue weighted by Gasteiger charge is 2.51. The highest BCUT2D eigenvalue weighted by molar-refractivity contribution is 5.80. The minimum atomic E-state index is -4.74. The predicted molar refractivity (Wildman–Crippen MR) is 122 cm³/mol.